The van der Waals surface area contributed by atoms with E-state index in [2.05, 4.69) is 6.58 Å². The van der Waals surface area contributed by atoms with Crippen molar-refractivity contribution in [3.63, 3.8) is 0 Å². The Bertz CT molecular complexity index is 162. The summed E-state index contributed by atoms with van der Waals surface area (Å²) in [6.07, 6.45) is 1.01. The molecule has 0 amide bonds. The zero-order valence-corrected chi connectivity index (χ0v) is 4.61. The van der Waals surface area contributed by atoms with Crippen LogP contribution in [0.1, 0.15) is 6.92 Å². The number of halogens is 1. The van der Waals surface area contributed by atoms with Crippen LogP contribution in [0.4, 0.5) is 4.39 Å². The Labute approximate surface area is 47.7 Å². The third-order valence-corrected chi connectivity index (χ3v) is 0.705. The van der Waals surface area contributed by atoms with Crippen molar-refractivity contribution in [2.75, 3.05) is 0 Å². The second-order valence-corrected chi connectivity index (χ2v) is 1.29. The van der Waals surface area contributed by atoms with Gasteiger partial charge in [0.25, 0.3) is 0 Å². The lowest BCUT2D eigenvalue weighted by molar-refractivity contribution is 0.659. The fraction of sp³-hybridized carbons (Fsp3) is 0.167. The number of rotatable bonds is 1. The summed E-state index contributed by atoms with van der Waals surface area (Å²) in [5.41, 5.74) is 0.0694. The Balaban J connectivity index is 4.33. The van der Waals surface area contributed by atoms with E-state index in [1.54, 1.807) is 6.07 Å². The topological polar surface area (TPSA) is 23.8 Å². The van der Waals surface area contributed by atoms with Crippen LogP contribution < -0.4 is 0 Å². The molecular weight excluding hydrogens is 105 g/mol. The van der Waals surface area contributed by atoms with Crippen molar-refractivity contribution in [1.29, 1.82) is 5.26 Å². The number of nitrogens with zero attached hydrogens (tertiary/aromatic N) is 1. The highest BCUT2D eigenvalue weighted by Gasteiger charge is 1.91. The SMILES string of the molecule is C=CC(F)=C(C)C#N. The smallest absolute Gasteiger partial charge is 0.135 e. The maximum Gasteiger partial charge on any atom is 0.135 e. The van der Waals surface area contributed by atoms with Crippen LogP contribution in [0.2, 0.25) is 0 Å². The van der Waals surface area contributed by atoms with Crippen LogP contribution in [0.5, 0.6) is 0 Å². The van der Waals surface area contributed by atoms with Gasteiger partial charge in [-0.25, -0.2) is 4.39 Å². The summed E-state index contributed by atoms with van der Waals surface area (Å²) in [4.78, 5) is 0. The van der Waals surface area contributed by atoms with Gasteiger partial charge in [-0.15, -0.1) is 0 Å². The first-order valence-electron chi connectivity index (χ1n) is 2.11. The lowest BCUT2D eigenvalue weighted by atomic mass is 10.3. The molecule has 0 atom stereocenters. The van der Waals surface area contributed by atoms with Crippen molar-refractivity contribution in [3.05, 3.63) is 24.1 Å². The van der Waals surface area contributed by atoms with Crippen molar-refractivity contribution in [2.24, 2.45) is 0 Å². The second-order valence-electron chi connectivity index (χ2n) is 1.29. The number of nitriles is 1. The molecule has 0 unspecified atom stereocenters. The van der Waals surface area contributed by atoms with Gasteiger partial charge in [0.15, 0.2) is 0 Å². The highest BCUT2D eigenvalue weighted by atomic mass is 19.1. The summed E-state index contributed by atoms with van der Waals surface area (Å²) in [5, 5.41) is 8.04. The molecule has 42 valence electrons. The zero-order valence-electron chi connectivity index (χ0n) is 4.61. The third-order valence-electron chi connectivity index (χ3n) is 0.705. The summed E-state index contributed by atoms with van der Waals surface area (Å²) in [6, 6.07) is 1.65. The van der Waals surface area contributed by atoms with E-state index in [0.29, 0.717) is 0 Å². The molecule has 1 nitrogen and oxygen atoms in total. The van der Waals surface area contributed by atoms with Crippen LogP contribution in [-0.4, -0.2) is 0 Å². The van der Waals surface area contributed by atoms with Gasteiger partial charge in [-0.1, -0.05) is 6.58 Å². The Hall–Kier alpha value is -1.10. The van der Waals surface area contributed by atoms with Gasteiger partial charge in [-0.3, -0.25) is 0 Å². The normalized spacial score (nSPS) is 11.6. The second kappa shape index (κ2) is 2.98. The Morgan fingerprint density at radius 2 is 2.38 bits per heavy atom. The fourth-order valence-electron chi connectivity index (χ4n) is 0.206. The third kappa shape index (κ3) is 1.57. The Morgan fingerprint density at radius 1 is 1.88 bits per heavy atom. The molecule has 0 heterocycles. The molecule has 0 aliphatic carbocycles. The first kappa shape index (κ1) is 6.90. The molecule has 0 rings (SSSR count). The molecule has 0 radical (unpaired) electrons. The number of allylic oxidation sites excluding steroid dienone is 3. The van der Waals surface area contributed by atoms with Crippen molar-refractivity contribution in [1.82, 2.24) is 0 Å². The quantitative estimate of drug-likeness (QED) is 0.374. The van der Waals surface area contributed by atoms with Crippen LogP contribution >= 0.6 is 0 Å². The molecule has 0 aromatic carbocycles. The number of hydrogen-bond donors (Lipinski definition) is 0. The minimum Gasteiger partial charge on any atom is -0.206 e. The predicted octanol–water partition coefficient (Wildman–Crippen LogP) is 1.94. The summed E-state index contributed by atoms with van der Waals surface area (Å²) < 4.78 is 12.1. The first-order valence-corrected chi connectivity index (χ1v) is 2.11. The van der Waals surface area contributed by atoms with E-state index in [0.717, 1.165) is 6.08 Å². The lowest BCUT2D eigenvalue weighted by Crippen LogP contribution is -1.70. The molecule has 0 bridgehead atoms. The maximum absolute atomic E-state index is 12.1. The fourth-order valence-corrected chi connectivity index (χ4v) is 0.206. The van der Waals surface area contributed by atoms with E-state index in [9.17, 15) is 4.39 Å². The van der Waals surface area contributed by atoms with Crippen LogP contribution in [0, 0.1) is 11.3 Å². The highest BCUT2D eigenvalue weighted by molar-refractivity contribution is 5.27. The van der Waals surface area contributed by atoms with E-state index < -0.39 is 5.83 Å². The van der Waals surface area contributed by atoms with Gasteiger partial charge in [0, 0.05) is 0 Å². The van der Waals surface area contributed by atoms with Crippen LogP contribution in [0.25, 0.3) is 0 Å². The largest absolute Gasteiger partial charge is 0.206 e. The van der Waals surface area contributed by atoms with E-state index in [1.165, 1.54) is 6.92 Å². The van der Waals surface area contributed by atoms with Gasteiger partial charge >= 0.3 is 0 Å². The molecule has 0 fully saturated rings. The van der Waals surface area contributed by atoms with E-state index in [-0.39, 0.29) is 5.57 Å². The summed E-state index contributed by atoms with van der Waals surface area (Å²) in [6.45, 7) is 4.55. The molecule has 2 heteroatoms. The van der Waals surface area contributed by atoms with E-state index >= 15 is 0 Å². The van der Waals surface area contributed by atoms with Gasteiger partial charge < -0.3 is 0 Å². The Morgan fingerprint density at radius 3 is 2.50 bits per heavy atom. The zero-order chi connectivity index (χ0) is 6.57. The average molecular weight is 111 g/mol. The molecule has 0 aliphatic heterocycles. The summed E-state index contributed by atoms with van der Waals surface area (Å²) in [5.74, 6) is -0.549. The average Bonchev–Trinajstić information content (AvgIpc) is 1.84. The molecular formula is C6H6FN. The molecule has 8 heavy (non-hydrogen) atoms. The molecule has 0 aromatic rings. The molecule has 0 saturated heterocycles. The summed E-state index contributed by atoms with van der Waals surface area (Å²) in [7, 11) is 0. The lowest BCUT2D eigenvalue weighted by Gasteiger charge is -1.82. The van der Waals surface area contributed by atoms with Crippen molar-refractivity contribution in [2.45, 2.75) is 6.92 Å². The first-order chi connectivity index (χ1) is 3.72. The van der Waals surface area contributed by atoms with Gasteiger partial charge in [0.05, 0.1) is 11.6 Å². The van der Waals surface area contributed by atoms with Crippen LogP contribution in [-0.2, 0) is 0 Å². The van der Waals surface area contributed by atoms with E-state index in [1.807, 2.05) is 0 Å². The van der Waals surface area contributed by atoms with Crippen molar-refractivity contribution >= 4 is 0 Å². The summed E-state index contributed by atoms with van der Waals surface area (Å²) >= 11 is 0. The van der Waals surface area contributed by atoms with Crippen LogP contribution in [0.15, 0.2) is 24.1 Å². The molecule has 0 aliphatic rings. The van der Waals surface area contributed by atoms with Gasteiger partial charge in [0.2, 0.25) is 0 Å². The molecule has 0 aromatic heterocycles. The standard InChI is InChI=1S/C6H6FN/c1-3-6(7)5(2)4-8/h3H,1H2,2H3. The minimum atomic E-state index is -0.549. The van der Waals surface area contributed by atoms with Gasteiger partial charge in [0.1, 0.15) is 5.83 Å². The van der Waals surface area contributed by atoms with Crippen LogP contribution in [0.3, 0.4) is 0 Å². The minimum absolute atomic E-state index is 0.0694. The molecule has 0 saturated carbocycles. The maximum atomic E-state index is 12.1. The monoisotopic (exact) mass is 111 g/mol. The van der Waals surface area contributed by atoms with Gasteiger partial charge in [-0.05, 0) is 13.0 Å². The Kier molecular flexibility index (Phi) is 2.57. The van der Waals surface area contributed by atoms with Crippen molar-refractivity contribution < 1.29 is 4.39 Å². The highest BCUT2D eigenvalue weighted by Crippen LogP contribution is 2.03. The number of hydrogen-bond acceptors (Lipinski definition) is 1. The molecule has 0 spiro atoms. The van der Waals surface area contributed by atoms with Gasteiger partial charge in [-0.2, -0.15) is 5.26 Å². The predicted molar refractivity (Wildman–Crippen MR) is 29.6 cm³/mol. The van der Waals surface area contributed by atoms with E-state index in [4.69, 9.17) is 5.26 Å². The van der Waals surface area contributed by atoms with Crippen molar-refractivity contribution in [3.8, 4) is 6.07 Å². The molecule has 0 N–H and O–H groups in total.